The third kappa shape index (κ3) is 4.33. The van der Waals surface area contributed by atoms with Crippen molar-refractivity contribution in [3.8, 4) is 0 Å². The Kier molecular flexibility index (Phi) is 5.68. The van der Waals surface area contributed by atoms with Gasteiger partial charge in [-0.2, -0.15) is 0 Å². The van der Waals surface area contributed by atoms with Crippen LogP contribution >= 0.6 is 0 Å². The Balaban J connectivity index is 2.10. The molecule has 0 bridgehead atoms. The van der Waals surface area contributed by atoms with Gasteiger partial charge >= 0.3 is 0 Å². The highest BCUT2D eigenvalue weighted by Gasteiger charge is 2.31. The molecule has 0 aromatic heterocycles. The minimum absolute atomic E-state index is 0.212. The monoisotopic (exact) mass is 303 g/mol. The van der Waals surface area contributed by atoms with Gasteiger partial charge in [-0.15, -0.1) is 0 Å². The standard InChI is InChI=1S/C20H33NO/c1-7-17(19-15(3)21-14(2)13-22-19)11-16-9-8-10-18(12-16)20(4,5)6/h8-10,12,14-15,17,19,21H,7,11,13H2,1-6H3. The van der Waals surface area contributed by atoms with Crippen LogP contribution < -0.4 is 5.32 Å². The van der Waals surface area contributed by atoms with E-state index >= 15 is 0 Å². The van der Waals surface area contributed by atoms with Gasteiger partial charge < -0.3 is 10.1 Å². The van der Waals surface area contributed by atoms with Crippen molar-refractivity contribution in [1.82, 2.24) is 5.32 Å². The number of hydrogen-bond acceptors (Lipinski definition) is 2. The molecule has 1 aliphatic rings. The van der Waals surface area contributed by atoms with Crippen LogP contribution in [0.1, 0.15) is 59.1 Å². The Morgan fingerprint density at radius 3 is 2.59 bits per heavy atom. The maximum absolute atomic E-state index is 6.16. The molecule has 124 valence electrons. The minimum Gasteiger partial charge on any atom is -0.375 e. The fourth-order valence-electron chi connectivity index (χ4n) is 3.50. The molecule has 1 saturated heterocycles. The lowest BCUT2D eigenvalue weighted by Crippen LogP contribution is -2.54. The molecule has 0 saturated carbocycles. The van der Waals surface area contributed by atoms with Gasteiger partial charge in [0.25, 0.3) is 0 Å². The zero-order chi connectivity index (χ0) is 16.3. The zero-order valence-electron chi connectivity index (χ0n) is 15.1. The van der Waals surface area contributed by atoms with Crippen LogP contribution in [0.15, 0.2) is 24.3 Å². The zero-order valence-corrected chi connectivity index (χ0v) is 15.1. The molecular weight excluding hydrogens is 270 g/mol. The van der Waals surface area contributed by atoms with Crippen molar-refractivity contribution in [1.29, 1.82) is 0 Å². The highest BCUT2D eigenvalue weighted by atomic mass is 16.5. The lowest BCUT2D eigenvalue weighted by atomic mass is 9.83. The number of nitrogens with one attached hydrogen (secondary N) is 1. The molecule has 0 spiro atoms. The van der Waals surface area contributed by atoms with Gasteiger partial charge in [-0.05, 0) is 42.7 Å². The van der Waals surface area contributed by atoms with Gasteiger partial charge in [0, 0.05) is 12.1 Å². The van der Waals surface area contributed by atoms with Crippen molar-refractivity contribution < 1.29 is 4.74 Å². The fourth-order valence-corrected chi connectivity index (χ4v) is 3.50. The average Bonchev–Trinajstić information content (AvgIpc) is 2.45. The molecule has 1 aromatic carbocycles. The van der Waals surface area contributed by atoms with Crippen LogP contribution in [0.5, 0.6) is 0 Å². The molecule has 0 amide bonds. The van der Waals surface area contributed by atoms with E-state index in [2.05, 4.69) is 71.1 Å². The van der Waals surface area contributed by atoms with Crippen LogP contribution in [-0.2, 0) is 16.6 Å². The van der Waals surface area contributed by atoms with Crippen molar-refractivity contribution in [3.05, 3.63) is 35.4 Å². The van der Waals surface area contributed by atoms with Gasteiger partial charge in [0.1, 0.15) is 0 Å². The molecule has 0 aliphatic carbocycles. The van der Waals surface area contributed by atoms with Crippen LogP contribution in [0.3, 0.4) is 0 Å². The molecule has 1 fully saturated rings. The molecule has 1 N–H and O–H groups in total. The van der Waals surface area contributed by atoms with Gasteiger partial charge in [-0.1, -0.05) is 58.4 Å². The van der Waals surface area contributed by atoms with E-state index in [1.165, 1.54) is 11.1 Å². The third-order valence-electron chi connectivity index (χ3n) is 4.86. The summed E-state index contributed by atoms with van der Waals surface area (Å²) in [6, 6.07) is 9.99. The van der Waals surface area contributed by atoms with Gasteiger partial charge in [0.05, 0.1) is 12.7 Å². The molecule has 0 radical (unpaired) electrons. The lowest BCUT2D eigenvalue weighted by molar-refractivity contribution is -0.0524. The predicted molar refractivity (Wildman–Crippen MR) is 94.4 cm³/mol. The van der Waals surface area contributed by atoms with Crippen LogP contribution in [0.25, 0.3) is 0 Å². The van der Waals surface area contributed by atoms with Crippen LogP contribution in [0.4, 0.5) is 0 Å². The second kappa shape index (κ2) is 7.14. The molecule has 1 aromatic rings. The minimum atomic E-state index is 0.212. The van der Waals surface area contributed by atoms with E-state index in [-0.39, 0.29) is 5.41 Å². The van der Waals surface area contributed by atoms with Crippen LogP contribution in [0.2, 0.25) is 0 Å². The van der Waals surface area contributed by atoms with Crippen molar-refractivity contribution in [3.63, 3.8) is 0 Å². The van der Waals surface area contributed by atoms with E-state index in [1.807, 2.05) is 0 Å². The topological polar surface area (TPSA) is 21.3 Å². The van der Waals surface area contributed by atoms with Gasteiger partial charge in [0.2, 0.25) is 0 Å². The molecule has 2 nitrogen and oxygen atoms in total. The summed E-state index contributed by atoms with van der Waals surface area (Å²) in [5, 5.41) is 3.64. The number of rotatable bonds is 4. The molecule has 1 heterocycles. The number of ether oxygens (including phenoxy) is 1. The summed E-state index contributed by atoms with van der Waals surface area (Å²) in [4.78, 5) is 0. The SMILES string of the molecule is CCC(Cc1cccc(C(C)(C)C)c1)C1OCC(C)NC1C. The van der Waals surface area contributed by atoms with Crippen LogP contribution in [-0.4, -0.2) is 24.8 Å². The Morgan fingerprint density at radius 2 is 2.00 bits per heavy atom. The normalized spacial score (nSPS) is 27.6. The van der Waals surface area contributed by atoms with E-state index in [4.69, 9.17) is 4.74 Å². The third-order valence-corrected chi connectivity index (χ3v) is 4.86. The Hall–Kier alpha value is -0.860. The van der Waals surface area contributed by atoms with Gasteiger partial charge in [-0.25, -0.2) is 0 Å². The van der Waals surface area contributed by atoms with Gasteiger partial charge in [0.15, 0.2) is 0 Å². The van der Waals surface area contributed by atoms with Gasteiger partial charge in [-0.3, -0.25) is 0 Å². The maximum atomic E-state index is 6.16. The summed E-state index contributed by atoms with van der Waals surface area (Å²) in [5.74, 6) is 0.574. The summed E-state index contributed by atoms with van der Waals surface area (Å²) in [7, 11) is 0. The summed E-state index contributed by atoms with van der Waals surface area (Å²) in [5.41, 5.74) is 3.07. The first-order valence-electron chi connectivity index (χ1n) is 8.78. The van der Waals surface area contributed by atoms with E-state index in [9.17, 15) is 0 Å². The van der Waals surface area contributed by atoms with E-state index in [0.29, 0.717) is 24.1 Å². The first-order valence-corrected chi connectivity index (χ1v) is 8.78. The smallest absolute Gasteiger partial charge is 0.0757 e. The number of hydrogen-bond donors (Lipinski definition) is 1. The molecule has 2 rings (SSSR count). The second-order valence-electron chi connectivity index (χ2n) is 7.98. The van der Waals surface area contributed by atoms with Crippen LogP contribution in [0, 0.1) is 5.92 Å². The summed E-state index contributed by atoms with van der Waals surface area (Å²) >= 11 is 0. The summed E-state index contributed by atoms with van der Waals surface area (Å²) in [6.45, 7) is 14.4. The first-order chi connectivity index (χ1) is 10.3. The number of benzene rings is 1. The fraction of sp³-hybridized carbons (Fsp3) is 0.700. The molecular formula is C20H33NO. The molecule has 22 heavy (non-hydrogen) atoms. The Morgan fingerprint density at radius 1 is 1.27 bits per heavy atom. The quantitative estimate of drug-likeness (QED) is 0.894. The Bertz CT molecular complexity index is 477. The van der Waals surface area contributed by atoms with E-state index in [1.54, 1.807) is 0 Å². The van der Waals surface area contributed by atoms with Crippen molar-refractivity contribution >= 4 is 0 Å². The first kappa shape index (κ1) is 17.5. The molecule has 4 unspecified atom stereocenters. The molecule has 1 aliphatic heterocycles. The highest BCUT2D eigenvalue weighted by Crippen LogP contribution is 2.27. The van der Waals surface area contributed by atoms with Crippen molar-refractivity contribution in [2.75, 3.05) is 6.61 Å². The van der Waals surface area contributed by atoms with E-state index < -0.39 is 0 Å². The Labute approximate surface area is 136 Å². The largest absolute Gasteiger partial charge is 0.375 e. The van der Waals surface area contributed by atoms with Crippen molar-refractivity contribution in [2.45, 2.75) is 78.0 Å². The predicted octanol–water partition coefficient (Wildman–Crippen LogP) is 4.32. The second-order valence-corrected chi connectivity index (χ2v) is 7.98. The highest BCUT2D eigenvalue weighted by molar-refractivity contribution is 5.29. The van der Waals surface area contributed by atoms with Crippen molar-refractivity contribution in [2.24, 2.45) is 5.92 Å². The number of morpholine rings is 1. The average molecular weight is 303 g/mol. The van der Waals surface area contributed by atoms with E-state index in [0.717, 1.165) is 19.4 Å². The molecule has 4 atom stereocenters. The lowest BCUT2D eigenvalue weighted by Gasteiger charge is -2.39. The molecule has 2 heteroatoms. The summed E-state index contributed by atoms with van der Waals surface area (Å²) in [6.07, 6.45) is 2.58. The summed E-state index contributed by atoms with van der Waals surface area (Å²) < 4.78 is 6.16. The maximum Gasteiger partial charge on any atom is 0.0757 e.